The molecule has 0 spiro atoms. The highest BCUT2D eigenvalue weighted by molar-refractivity contribution is 5.82. The summed E-state index contributed by atoms with van der Waals surface area (Å²) in [7, 11) is 3.36. The van der Waals surface area contributed by atoms with E-state index in [1.165, 1.54) is 16.7 Å². The molecule has 2 nitrogen and oxygen atoms in total. The maximum Gasteiger partial charge on any atom is 0.126 e. The Morgan fingerprint density at radius 2 is 2.15 bits per heavy atom. The Kier molecular flexibility index (Phi) is 1.97. The van der Waals surface area contributed by atoms with Crippen LogP contribution in [0.4, 0.5) is 0 Å². The third-order valence-corrected chi connectivity index (χ3v) is 2.29. The van der Waals surface area contributed by atoms with Crippen molar-refractivity contribution in [3.63, 3.8) is 0 Å². The zero-order valence-corrected chi connectivity index (χ0v) is 7.83. The minimum Gasteiger partial charge on any atom is -0.504 e. The largest absolute Gasteiger partial charge is 0.504 e. The van der Waals surface area contributed by atoms with E-state index in [0.29, 0.717) is 0 Å². The molecule has 0 fully saturated rings. The normalized spacial score (nSPS) is 16.3. The molecule has 1 aliphatic rings. The van der Waals surface area contributed by atoms with Crippen molar-refractivity contribution in [3.05, 3.63) is 35.6 Å². The molecule has 1 aromatic rings. The van der Waals surface area contributed by atoms with Gasteiger partial charge in [-0.15, -0.1) is 0 Å². The van der Waals surface area contributed by atoms with Crippen LogP contribution in [-0.4, -0.2) is 14.2 Å². The number of ether oxygens (including phenoxy) is 2. The molecule has 0 atom stereocenters. The van der Waals surface area contributed by atoms with Crippen molar-refractivity contribution in [1.29, 1.82) is 0 Å². The van der Waals surface area contributed by atoms with Gasteiger partial charge in [0, 0.05) is 17.6 Å². The second-order valence-corrected chi connectivity index (χ2v) is 3.05. The van der Waals surface area contributed by atoms with Crippen molar-refractivity contribution in [2.24, 2.45) is 0 Å². The van der Waals surface area contributed by atoms with Crippen LogP contribution in [0.5, 0.6) is 5.75 Å². The molecule has 0 amide bonds. The lowest BCUT2D eigenvalue weighted by molar-refractivity contribution is 0.338. The predicted molar refractivity (Wildman–Crippen MR) is 51.7 cm³/mol. The van der Waals surface area contributed by atoms with Crippen molar-refractivity contribution in [2.75, 3.05) is 14.2 Å². The fourth-order valence-corrected chi connectivity index (χ4v) is 1.69. The molecule has 1 aromatic carbocycles. The fourth-order valence-electron chi connectivity index (χ4n) is 1.69. The summed E-state index contributed by atoms with van der Waals surface area (Å²) in [6.45, 7) is 0. The summed E-state index contributed by atoms with van der Waals surface area (Å²) in [6.07, 6.45) is 2.77. The Bertz CT molecular complexity index is 353. The molecule has 0 aliphatic heterocycles. The van der Waals surface area contributed by atoms with Crippen molar-refractivity contribution in [3.8, 4) is 5.75 Å². The first-order valence-corrected chi connectivity index (χ1v) is 4.25. The van der Waals surface area contributed by atoms with Crippen LogP contribution in [0.25, 0.3) is 5.57 Å². The molecule has 0 N–H and O–H groups in total. The molecule has 0 saturated heterocycles. The first kappa shape index (κ1) is 8.17. The zero-order valence-electron chi connectivity index (χ0n) is 7.83. The van der Waals surface area contributed by atoms with E-state index in [2.05, 4.69) is 6.07 Å². The minimum atomic E-state index is 0.937. The summed E-state index contributed by atoms with van der Waals surface area (Å²) < 4.78 is 10.2. The molecule has 0 heterocycles. The van der Waals surface area contributed by atoms with Gasteiger partial charge in [0.05, 0.1) is 20.5 Å². The SMILES string of the molecule is CO/C=C1/Cc2cccc(OC)c21. The number of methoxy groups -OCH3 is 2. The van der Waals surface area contributed by atoms with Crippen LogP contribution >= 0.6 is 0 Å². The van der Waals surface area contributed by atoms with E-state index in [1.807, 2.05) is 12.1 Å². The third-order valence-electron chi connectivity index (χ3n) is 2.29. The molecule has 0 unspecified atom stereocenters. The van der Waals surface area contributed by atoms with Gasteiger partial charge in [0.15, 0.2) is 0 Å². The number of fused-ring (bicyclic) bond motifs is 1. The molecule has 0 bridgehead atoms. The molecular weight excluding hydrogens is 164 g/mol. The van der Waals surface area contributed by atoms with Crippen molar-refractivity contribution in [2.45, 2.75) is 6.42 Å². The smallest absolute Gasteiger partial charge is 0.126 e. The lowest BCUT2D eigenvalue weighted by Crippen LogP contribution is -2.09. The molecule has 1 aliphatic carbocycles. The van der Waals surface area contributed by atoms with Gasteiger partial charge in [-0.1, -0.05) is 12.1 Å². The van der Waals surface area contributed by atoms with Crippen molar-refractivity contribution in [1.82, 2.24) is 0 Å². The van der Waals surface area contributed by atoms with Gasteiger partial charge in [-0.3, -0.25) is 0 Å². The van der Waals surface area contributed by atoms with E-state index in [4.69, 9.17) is 9.47 Å². The van der Waals surface area contributed by atoms with Crippen LogP contribution in [0.3, 0.4) is 0 Å². The number of allylic oxidation sites excluding steroid dienone is 1. The summed E-state index contributed by atoms with van der Waals surface area (Å²) in [6, 6.07) is 6.10. The summed E-state index contributed by atoms with van der Waals surface area (Å²) in [5, 5.41) is 0. The maximum atomic E-state index is 5.26. The number of hydrogen-bond donors (Lipinski definition) is 0. The van der Waals surface area contributed by atoms with E-state index in [9.17, 15) is 0 Å². The van der Waals surface area contributed by atoms with Crippen molar-refractivity contribution < 1.29 is 9.47 Å². The Balaban J connectivity index is 2.43. The lowest BCUT2D eigenvalue weighted by atomic mass is 9.83. The first-order chi connectivity index (χ1) is 6.36. The van der Waals surface area contributed by atoms with Gasteiger partial charge in [-0.25, -0.2) is 0 Å². The van der Waals surface area contributed by atoms with Gasteiger partial charge in [-0.2, -0.15) is 0 Å². The molecule has 0 saturated carbocycles. The van der Waals surface area contributed by atoms with E-state index in [1.54, 1.807) is 20.5 Å². The van der Waals surface area contributed by atoms with Gasteiger partial charge in [0.1, 0.15) is 5.75 Å². The summed E-state index contributed by atoms with van der Waals surface area (Å²) in [4.78, 5) is 0. The third kappa shape index (κ3) is 1.18. The van der Waals surface area contributed by atoms with Crippen LogP contribution in [0.2, 0.25) is 0 Å². The lowest BCUT2D eigenvalue weighted by Gasteiger charge is -2.24. The van der Waals surface area contributed by atoms with Gasteiger partial charge >= 0.3 is 0 Å². The van der Waals surface area contributed by atoms with Gasteiger partial charge < -0.3 is 9.47 Å². The second kappa shape index (κ2) is 3.13. The van der Waals surface area contributed by atoms with E-state index in [-0.39, 0.29) is 0 Å². The highest BCUT2D eigenvalue weighted by atomic mass is 16.5. The summed E-state index contributed by atoms with van der Waals surface area (Å²) in [5.41, 5.74) is 3.75. The Hall–Kier alpha value is -1.44. The highest BCUT2D eigenvalue weighted by Gasteiger charge is 2.23. The minimum absolute atomic E-state index is 0.937. The average molecular weight is 176 g/mol. The summed E-state index contributed by atoms with van der Waals surface area (Å²) >= 11 is 0. The first-order valence-electron chi connectivity index (χ1n) is 4.25. The van der Waals surface area contributed by atoms with E-state index in [0.717, 1.165) is 12.2 Å². The monoisotopic (exact) mass is 176 g/mol. The molecule has 0 aromatic heterocycles. The Morgan fingerprint density at radius 1 is 1.31 bits per heavy atom. The van der Waals surface area contributed by atoms with Crippen LogP contribution in [0, 0.1) is 0 Å². The fraction of sp³-hybridized carbons (Fsp3) is 0.273. The van der Waals surface area contributed by atoms with Gasteiger partial charge in [0.2, 0.25) is 0 Å². The topological polar surface area (TPSA) is 18.5 Å². The van der Waals surface area contributed by atoms with Crippen LogP contribution < -0.4 is 4.74 Å². The zero-order chi connectivity index (χ0) is 9.26. The standard InChI is InChI=1S/C11H12O2/c1-12-7-9-6-8-4-3-5-10(13-2)11(8)9/h3-5,7H,6H2,1-2H3/b9-7-. The molecule has 2 heteroatoms. The second-order valence-electron chi connectivity index (χ2n) is 3.05. The predicted octanol–water partition coefficient (Wildman–Crippen LogP) is 2.24. The molecule has 0 radical (unpaired) electrons. The molecule has 68 valence electrons. The average Bonchev–Trinajstić information content (AvgIpc) is 2.13. The maximum absolute atomic E-state index is 5.26. The van der Waals surface area contributed by atoms with Gasteiger partial charge in [0.25, 0.3) is 0 Å². The summed E-state index contributed by atoms with van der Waals surface area (Å²) in [5.74, 6) is 0.937. The van der Waals surface area contributed by atoms with Gasteiger partial charge in [-0.05, 0) is 11.6 Å². The van der Waals surface area contributed by atoms with Crippen LogP contribution in [-0.2, 0) is 11.2 Å². The van der Waals surface area contributed by atoms with Crippen LogP contribution in [0.15, 0.2) is 24.5 Å². The Labute approximate surface area is 77.8 Å². The quantitative estimate of drug-likeness (QED) is 0.643. The van der Waals surface area contributed by atoms with Crippen molar-refractivity contribution >= 4 is 5.57 Å². The number of benzene rings is 1. The van der Waals surface area contributed by atoms with Crippen LogP contribution in [0.1, 0.15) is 11.1 Å². The van der Waals surface area contributed by atoms with E-state index >= 15 is 0 Å². The van der Waals surface area contributed by atoms with E-state index < -0.39 is 0 Å². The number of hydrogen-bond acceptors (Lipinski definition) is 2. The highest BCUT2D eigenvalue weighted by Crippen LogP contribution is 2.40. The molecule has 13 heavy (non-hydrogen) atoms. The Morgan fingerprint density at radius 3 is 2.85 bits per heavy atom. The molecular formula is C11H12O2. The number of rotatable bonds is 2. The molecule has 2 rings (SSSR count).